The van der Waals surface area contributed by atoms with E-state index in [4.69, 9.17) is 5.26 Å². The molecular weight excluding hydrogens is 202 g/mol. The zero-order valence-corrected chi connectivity index (χ0v) is 9.99. The normalized spacial score (nSPS) is 16.8. The quantitative estimate of drug-likeness (QED) is 0.718. The summed E-state index contributed by atoms with van der Waals surface area (Å²) in [7, 11) is 0. The molecule has 88 valence electrons. The van der Waals surface area contributed by atoms with Crippen molar-refractivity contribution in [3.63, 3.8) is 0 Å². The van der Waals surface area contributed by atoms with E-state index in [1.807, 2.05) is 6.07 Å². The Morgan fingerprint density at radius 2 is 2.31 bits per heavy atom. The fourth-order valence-corrected chi connectivity index (χ4v) is 1.49. The minimum absolute atomic E-state index is 0.192. The first-order valence-electron chi connectivity index (χ1n) is 5.63. The molecule has 1 aliphatic heterocycles. The first-order chi connectivity index (χ1) is 7.56. The summed E-state index contributed by atoms with van der Waals surface area (Å²) in [5.41, 5.74) is -0.929. The van der Waals surface area contributed by atoms with Gasteiger partial charge in [0, 0.05) is 26.2 Å². The Balaban J connectivity index is 2.23. The second-order valence-corrected chi connectivity index (χ2v) is 4.55. The van der Waals surface area contributed by atoms with Gasteiger partial charge in [0.25, 0.3) is 0 Å². The van der Waals surface area contributed by atoms with E-state index in [1.165, 1.54) is 0 Å². The third-order valence-corrected chi connectivity index (χ3v) is 2.70. The summed E-state index contributed by atoms with van der Waals surface area (Å²) < 4.78 is 0. The zero-order chi connectivity index (χ0) is 12.0. The number of carbonyl (C=O) groups is 1. The van der Waals surface area contributed by atoms with Crippen molar-refractivity contribution < 1.29 is 4.79 Å². The van der Waals surface area contributed by atoms with Gasteiger partial charge in [-0.15, -0.1) is 0 Å². The summed E-state index contributed by atoms with van der Waals surface area (Å²) in [6.07, 6.45) is 5.40. The van der Waals surface area contributed by atoms with Gasteiger partial charge in [-0.25, -0.2) is 0 Å². The molecule has 0 aromatic carbocycles. The van der Waals surface area contributed by atoms with E-state index >= 15 is 0 Å². The molecule has 0 spiro atoms. The van der Waals surface area contributed by atoms with Gasteiger partial charge in [0.15, 0.2) is 0 Å². The van der Waals surface area contributed by atoms with Gasteiger partial charge in [-0.05, 0) is 20.3 Å². The van der Waals surface area contributed by atoms with Gasteiger partial charge < -0.3 is 5.32 Å². The molecule has 0 saturated carbocycles. The van der Waals surface area contributed by atoms with Crippen molar-refractivity contribution in [2.45, 2.75) is 20.3 Å². The molecule has 4 nitrogen and oxygen atoms in total. The average Bonchev–Trinajstić information content (AvgIpc) is 2.30. The fraction of sp³-hybridized carbons (Fsp3) is 0.667. The summed E-state index contributed by atoms with van der Waals surface area (Å²) in [5, 5.41) is 11.6. The van der Waals surface area contributed by atoms with Crippen molar-refractivity contribution in [2.75, 3.05) is 26.2 Å². The molecule has 0 bridgehead atoms. The summed E-state index contributed by atoms with van der Waals surface area (Å²) in [5.74, 6) is -0.192. The van der Waals surface area contributed by atoms with Crippen molar-refractivity contribution >= 4 is 5.91 Å². The highest BCUT2D eigenvalue weighted by atomic mass is 16.2. The van der Waals surface area contributed by atoms with Crippen LogP contribution in [0.5, 0.6) is 0 Å². The van der Waals surface area contributed by atoms with Crippen molar-refractivity contribution in [3.05, 3.63) is 12.2 Å². The van der Waals surface area contributed by atoms with Crippen LogP contribution in [0.2, 0.25) is 0 Å². The van der Waals surface area contributed by atoms with Crippen molar-refractivity contribution in [1.82, 2.24) is 10.2 Å². The van der Waals surface area contributed by atoms with E-state index in [9.17, 15) is 4.79 Å². The molecule has 4 heteroatoms. The molecule has 0 saturated heterocycles. The van der Waals surface area contributed by atoms with Gasteiger partial charge in [-0.1, -0.05) is 12.2 Å². The lowest BCUT2D eigenvalue weighted by atomic mass is 9.95. The minimum atomic E-state index is -0.929. The van der Waals surface area contributed by atoms with Crippen LogP contribution in [0.15, 0.2) is 12.2 Å². The predicted molar refractivity (Wildman–Crippen MR) is 62.6 cm³/mol. The van der Waals surface area contributed by atoms with Gasteiger partial charge in [-0.2, -0.15) is 5.26 Å². The highest BCUT2D eigenvalue weighted by molar-refractivity contribution is 5.84. The van der Waals surface area contributed by atoms with Crippen LogP contribution in [0.4, 0.5) is 0 Å². The number of amides is 1. The number of nitriles is 1. The Kier molecular flexibility index (Phi) is 4.51. The molecule has 1 heterocycles. The number of hydrogen-bond donors (Lipinski definition) is 1. The smallest absolute Gasteiger partial charge is 0.239 e. The molecule has 1 amide bonds. The minimum Gasteiger partial charge on any atom is -0.353 e. The Bertz CT molecular complexity index is 315. The van der Waals surface area contributed by atoms with E-state index in [0.717, 1.165) is 26.1 Å². The SMILES string of the molecule is CC(C)(C#N)C(=O)NCCN1CC=CCC1. The van der Waals surface area contributed by atoms with Crippen molar-refractivity contribution in [2.24, 2.45) is 5.41 Å². The summed E-state index contributed by atoms with van der Waals surface area (Å²) in [4.78, 5) is 13.8. The molecule has 0 radical (unpaired) electrons. The lowest BCUT2D eigenvalue weighted by Gasteiger charge is -2.23. The van der Waals surface area contributed by atoms with Gasteiger partial charge >= 0.3 is 0 Å². The van der Waals surface area contributed by atoms with E-state index in [-0.39, 0.29) is 5.91 Å². The van der Waals surface area contributed by atoms with Crippen LogP contribution in [0.1, 0.15) is 20.3 Å². The van der Waals surface area contributed by atoms with Crippen molar-refractivity contribution in [3.8, 4) is 6.07 Å². The lowest BCUT2D eigenvalue weighted by Crippen LogP contribution is -2.41. The molecule has 16 heavy (non-hydrogen) atoms. The number of carbonyl (C=O) groups excluding carboxylic acids is 1. The summed E-state index contributed by atoms with van der Waals surface area (Å²) in [6.45, 7) is 6.72. The van der Waals surface area contributed by atoms with Crippen LogP contribution in [0, 0.1) is 16.7 Å². The molecule has 1 rings (SSSR count). The molecule has 0 aromatic rings. The molecule has 1 aliphatic rings. The Morgan fingerprint density at radius 1 is 1.56 bits per heavy atom. The summed E-state index contributed by atoms with van der Waals surface area (Å²) >= 11 is 0. The van der Waals surface area contributed by atoms with Crippen LogP contribution in [-0.4, -0.2) is 37.0 Å². The largest absolute Gasteiger partial charge is 0.353 e. The molecule has 0 aromatic heterocycles. The van der Waals surface area contributed by atoms with Crippen molar-refractivity contribution in [1.29, 1.82) is 5.26 Å². The van der Waals surface area contributed by atoms with Gasteiger partial charge in [0.2, 0.25) is 5.91 Å². The Labute approximate surface area is 96.9 Å². The van der Waals surface area contributed by atoms with Gasteiger partial charge in [0.05, 0.1) is 6.07 Å². The Morgan fingerprint density at radius 3 is 2.88 bits per heavy atom. The topological polar surface area (TPSA) is 56.1 Å². The zero-order valence-electron chi connectivity index (χ0n) is 9.99. The average molecular weight is 221 g/mol. The summed E-state index contributed by atoms with van der Waals surface area (Å²) in [6, 6.07) is 1.99. The number of nitrogens with zero attached hydrogens (tertiary/aromatic N) is 2. The van der Waals surface area contributed by atoms with E-state index in [0.29, 0.717) is 6.54 Å². The van der Waals surface area contributed by atoms with E-state index in [2.05, 4.69) is 22.4 Å². The Hall–Kier alpha value is -1.34. The van der Waals surface area contributed by atoms with Crippen LogP contribution in [0.25, 0.3) is 0 Å². The van der Waals surface area contributed by atoms with Gasteiger partial charge in [-0.3, -0.25) is 9.69 Å². The van der Waals surface area contributed by atoms with Crippen LogP contribution >= 0.6 is 0 Å². The second kappa shape index (κ2) is 5.66. The molecule has 0 aliphatic carbocycles. The lowest BCUT2D eigenvalue weighted by molar-refractivity contribution is -0.126. The first kappa shape index (κ1) is 12.7. The van der Waals surface area contributed by atoms with Crippen LogP contribution < -0.4 is 5.32 Å². The highest BCUT2D eigenvalue weighted by Gasteiger charge is 2.26. The maximum Gasteiger partial charge on any atom is 0.239 e. The maximum absolute atomic E-state index is 11.6. The fourth-order valence-electron chi connectivity index (χ4n) is 1.49. The molecule has 0 atom stereocenters. The number of nitrogens with one attached hydrogen (secondary N) is 1. The van der Waals surface area contributed by atoms with Crippen LogP contribution in [0.3, 0.4) is 0 Å². The van der Waals surface area contributed by atoms with Crippen LogP contribution in [-0.2, 0) is 4.79 Å². The highest BCUT2D eigenvalue weighted by Crippen LogP contribution is 2.12. The predicted octanol–water partition coefficient (Wildman–Crippen LogP) is 0.914. The number of hydrogen-bond acceptors (Lipinski definition) is 3. The molecule has 1 N–H and O–H groups in total. The molecular formula is C12H19N3O. The first-order valence-corrected chi connectivity index (χ1v) is 5.63. The monoisotopic (exact) mass is 221 g/mol. The van der Waals surface area contributed by atoms with E-state index in [1.54, 1.807) is 13.8 Å². The standard InChI is InChI=1S/C12H19N3O/c1-12(2,10-13)11(16)14-6-9-15-7-4-3-5-8-15/h3-4H,5-9H2,1-2H3,(H,14,16). The second-order valence-electron chi connectivity index (χ2n) is 4.55. The number of rotatable bonds is 4. The maximum atomic E-state index is 11.6. The molecule has 0 unspecified atom stereocenters. The third-order valence-electron chi connectivity index (χ3n) is 2.70. The van der Waals surface area contributed by atoms with Gasteiger partial charge in [0.1, 0.15) is 5.41 Å². The van der Waals surface area contributed by atoms with E-state index < -0.39 is 5.41 Å². The molecule has 0 fully saturated rings. The third kappa shape index (κ3) is 3.67.